The number of hydrogen-bond acceptors (Lipinski definition) is 14. The van der Waals surface area contributed by atoms with Crippen molar-refractivity contribution in [1.29, 1.82) is 0 Å². The van der Waals surface area contributed by atoms with Crippen molar-refractivity contribution in [1.82, 2.24) is 45.6 Å². The molecular formula is C47H52N10O7S. The molecule has 18 heteroatoms. The van der Waals surface area contributed by atoms with Gasteiger partial charge in [0.05, 0.1) is 52.7 Å². The first kappa shape index (κ1) is 44.4. The van der Waals surface area contributed by atoms with Crippen LogP contribution in [0.1, 0.15) is 85.8 Å². The van der Waals surface area contributed by atoms with E-state index in [4.69, 9.17) is 15.0 Å². The van der Waals surface area contributed by atoms with Crippen LogP contribution in [-0.4, -0.2) is 76.7 Å². The molecule has 0 aliphatic carbocycles. The minimum atomic E-state index is -0.879. The van der Waals surface area contributed by atoms with Gasteiger partial charge in [0.15, 0.2) is 5.76 Å². The van der Waals surface area contributed by atoms with Gasteiger partial charge in [-0.1, -0.05) is 50.2 Å². The lowest BCUT2D eigenvalue weighted by atomic mass is 9.91. The molecule has 6 aromatic rings. The number of aromatic hydroxyl groups is 1. The molecule has 7 N–H and O–H groups in total. The SMILES string of the molecule is Cc1ncsc1-c1ccc([C@H](C)NC(=O)[C@@H]2C[C@@H](O)CN2C(=O)[C@H](c2cc(OCCn3cc(C(C)n4cc(C5=C(N)NNC(c6ccccc6O)=C5)cn4)ccc3=O)no2)C(C)C)cc1. The first-order chi connectivity index (χ1) is 31.2. The van der Waals surface area contributed by atoms with Crippen LogP contribution in [0.3, 0.4) is 0 Å². The fraction of sp³-hybridized carbons (Fsp3) is 0.319. The number of β-amino-alcohol motifs (C(OH)–C–C–N with tert-alkyl or cyclic N) is 1. The first-order valence-corrected chi connectivity index (χ1v) is 22.3. The van der Waals surface area contributed by atoms with Crippen molar-refractivity contribution >= 4 is 34.4 Å². The monoisotopic (exact) mass is 900 g/mol. The molecule has 0 radical (unpaired) electrons. The number of rotatable bonds is 15. The Kier molecular flexibility index (Phi) is 12.9. The molecule has 5 atom stereocenters. The van der Waals surface area contributed by atoms with Crippen LogP contribution in [-0.2, 0) is 16.1 Å². The van der Waals surface area contributed by atoms with Crippen LogP contribution < -0.4 is 32.2 Å². The van der Waals surface area contributed by atoms with Crippen molar-refractivity contribution < 1.29 is 29.1 Å². The Morgan fingerprint density at radius 3 is 2.54 bits per heavy atom. The summed E-state index contributed by atoms with van der Waals surface area (Å²) in [6, 6.07) is 18.3. The van der Waals surface area contributed by atoms with Crippen LogP contribution in [0.2, 0.25) is 0 Å². The Balaban J connectivity index is 0.887. The summed E-state index contributed by atoms with van der Waals surface area (Å²) < 4.78 is 14.9. The number of aliphatic hydroxyl groups excluding tert-OH is 1. The quantitative estimate of drug-likeness (QED) is 0.0779. The normalized spacial score (nSPS) is 17.6. The van der Waals surface area contributed by atoms with Crippen LogP contribution in [0.15, 0.2) is 112 Å². The number of benzene rings is 2. The molecule has 0 saturated carbocycles. The number of allylic oxidation sites excluding steroid dienone is 2. The predicted octanol–water partition coefficient (Wildman–Crippen LogP) is 5.21. The summed E-state index contributed by atoms with van der Waals surface area (Å²) >= 11 is 1.57. The molecule has 1 saturated heterocycles. The number of nitrogens with one attached hydrogen (secondary N) is 3. The van der Waals surface area contributed by atoms with Gasteiger partial charge in [-0.2, -0.15) is 5.10 Å². The van der Waals surface area contributed by atoms with Crippen LogP contribution in [0.25, 0.3) is 21.7 Å². The Morgan fingerprint density at radius 1 is 1.03 bits per heavy atom. The molecule has 0 spiro atoms. The molecule has 2 aliphatic heterocycles. The largest absolute Gasteiger partial charge is 0.507 e. The third-order valence-corrected chi connectivity index (χ3v) is 12.9. The van der Waals surface area contributed by atoms with E-state index in [-0.39, 0.29) is 78.9 Å². The van der Waals surface area contributed by atoms with Gasteiger partial charge in [-0.15, -0.1) is 11.3 Å². The van der Waals surface area contributed by atoms with Gasteiger partial charge in [0, 0.05) is 54.2 Å². The third kappa shape index (κ3) is 9.54. The summed E-state index contributed by atoms with van der Waals surface area (Å²) in [5.41, 5.74) is 20.3. The zero-order valence-corrected chi connectivity index (χ0v) is 37.5. The van der Waals surface area contributed by atoms with E-state index in [9.17, 15) is 24.6 Å². The maximum atomic E-state index is 14.2. The van der Waals surface area contributed by atoms with Gasteiger partial charge in [0.2, 0.25) is 11.8 Å². The number of amides is 2. The number of carbonyl (C=O) groups excluding carboxylic acids is 2. The van der Waals surface area contributed by atoms with Gasteiger partial charge in [0.1, 0.15) is 30.1 Å². The molecule has 65 heavy (non-hydrogen) atoms. The molecule has 1 fully saturated rings. The third-order valence-electron chi connectivity index (χ3n) is 11.9. The number of pyridine rings is 1. The van der Waals surface area contributed by atoms with E-state index in [1.807, 2.05) is 82.7 Å². The summed E-state index contributed by atoms with van der Waals surface area (Å²) in [4.78, 5) is 47.8. The summed E-state index contributed by atoms with van der Waals surface area (Å²) in [6.07, 6.45) is 6.41. The Hall–Kier alpha value is -7.18. The van der Waals surface area contributed by atoms with Crippen molar-refractivity contribution in [2.45, 2.75) is 77.7 Å². The number of ether oxygens (including phenoxy) is 1. The number of aryl methyl sites for hydroxylation is 1. The Bertz CT molecular complexity index is 2810. The molecule has 2 aliphatic rings. The number of aromatic nitrogens is 5. The van der Waals surface area contributed by atoms with Crippen molar-refractivity contribution in [2.24, 2.45) is 11.7 Å². The lowest BCUT2D eigenvalue weighted by molar-refractivity contribution is -0.141. The summed E-state index contributed by atoms with van der Waals surface area (Å²) in [5.74, 6) is -0.852. The van der Waals surface area contributed by atoms with Gasteiger partial charge in [0.25, 0.3) is 11.4 Å². The number of carbonyl (C=O) groups is 2. The van der Waals surface area contributed by atoms with E-state index in [1.54, 1.807) is 63.3 Å². The molecule has 2 amide bonds. The fourth-order valence-corrected chi connectivity index (χ4v) is 9.02. The number of phenolic OH excluding ortho intramolecular Hbond substituents is 1. The minimum absolute atomic E-state index is 0.00384. The van der Waals surface area contributed by atoms with Gasteiger partial charge < -0.3 is 40.0 Å². The maximum absolute atomic E-state index is 14.2. The number of para-hydroxylation sites is 1. The van der Waals surface area contributed by atoms with E-state index >= 15 is 0 Å². The van der Waals surface area contributed by atoms with Crippen LogP contribution in [0.4, 0.5) is 0 Å². The zero-order chi connectivity index (χ0) is 45.9. The van der Waals surface area contributed by atoms with Crippen molar-refractivity contribution in [3.63, 3.8) is 0 Å². The predicted molar refractivity (Wildman–Crippen MR) is 245 cm³/mol. The molecule has 8 rings (SSSR count). The summed E-state index contributed by atoms with van der Waals surface area (Å²) in [7, 11) is 0. The smallest absolute Gasteiger partial charge is 0.254 e. The van der Waals surface area contributed by atoms with Crippen LogP contribution in [0, 0.1) is 12.8 Å². The lowest BCUT2D eigenvalue weighted by Crippen LogP contribution is -2.48. The number of hydrogen-bond donors (Lipinski definition) is 6. The highest BCUT2D eigenvalue weighted by atomic mass is 32.1. The number of aliphatic hydroxyl groups is 1. The average Bonchev–Trinajstić information content (AvgIpc) is 4.13. The Morgan fingerprint density at radius 2 is 1.80 bits per heavy atom. The minimum Gasteiger partial charge on any atom is -0.507 e. The van der Waals surface area contributed by atoms with E-state index < -0.39 is 18.1 Å². The van der Waals surface area contributed by atoms with E-state index in [0.717, 1.165) is 32.8 Å². The molecule has 0 bridgehead atoms. The van der Waals surface area contributed by atoms with Gasteiger partial charge in [-0.25, -0.2) is 4.98 Å². The highest BCUT2D eigenvalue weighted by Crippen LogP contribution is 2.34. The molecular weight excluding hydrogens is 849 g/mol. The molecule has 4 aromatic heterocycles. The Labute approximate surface area is 379 Å². The van der Waals surface area contributed by atoms with Gasteiger partial charge in [-0.3, -0.25) is 29.9 Å². The highest BCUT2D eigenvalue weighted by molar-refractivity contribution is 7.13. The average molecular weight is 901 g/mol. The van der Waals surface area contributed by atoms with Gasteiger partial charge >= 0.3 is 0 Å². The number of nitrogens with zero attached hydrogens (tertiary/aromatic N) is 6. The molecule has 2 aromatic carbocycles. The molecule has 338 valence electrons. The number of hydrazine groups is 1. The molecule has 17 nitrogen and oxygen atoms in total. The second-order valence-electron chi connectivity index (χ2n) is 16.7. The molecule has 6 heterocycles. The number of likely N-dealkylation sites (tertiary alicyclic amines) is 1. The van der Waals surface area contributed by atoms with Crippen LogP contribution >= 0.6 is 11.3 Å². The van der Waals surface area contributed by atoms with E-state index in [0.29, 0.717) is 22.7 Å². The van der Waals surface area contributed by atoms with Gasteiger partial charge in [-0.05, 0) is 72.8 Å². The van der Waals surface area contributed by atoms with E-state index in [1.165, 1.54) is 11.0 Å². The first-order valence-electron chi connectivity index (χ1n) is 21.4. The molecule has 1 unspecified atom stereocenters. The standard InChI is InChI=1S/C47H52N10O7S/c1-26(2)43(47(62)56-24-34(58)18-38(56)46(61)51-27(3)30-10-12-31(13-11-30)44-28(4)49-25-65-44)40-20-41(54-64-40)63-17-16-55-22-32(14-15-42(55)60)29(5)57-23-33(21-50-57)36-19-37(52-53-45(36)48)35-8-6-7-9-39(35)59/h6-15,19-23,25-27,29,34,38,43,52-53,58-59H,16-18,24,48H2,1-5H3,(H,51,61)/t27-,29?,34+,38-,43-/m0/s1. The zero-order valence-electron chi connectivity index (χ0n) is 36.6. The summed E-state index contributed by atoms with van der Waals surface area (Å²) in [5, 5.41) is 32.8. The number of phenols is 1. The number of nitrogens with two attached hydrogens (primary N) is 1. The van der Waals surface area contributed by atoms with Crippen molar-refractivity contribution in [3.05, 3.63) is 147 Å². The van der Waals surface area contributed by atoms with Crippen molar-refractivity contribution in [3.8, 4) is 22.1 Å². The topological polar surface area (TPSA) is 228 Å². The fourth-order valence-electron chi connectivity index (χ4n) is 8.21. The maximum Gasteiger partial charge on any atom is 0.254 e. The second-order valence-corrected chi connectivity index (χ2v) is 17.5. The van der Waals surface area contributed by atoms with Crippen molar-refractivity contribution in [2.75, 3.05) is 13.2 Å². The highest BCUT2D eigenvalue weighted by Gasteiger charge is 2.43. The second kappa shape index (κ2) is 18.9. The lowest BCUT2D eigenvalue weighted by Gasteiger charge is -2.29. The summed E-state index contributed by atoms with van der Waals surface area (Å²) in [6.45, 7) is 9.84. The number of thiazole rings is 1. The van der Waals surface area contributed by atoms with Crippen LogP contribution in [0.5, 0.6) is 11.6 Å². The van der Waals surface area contributed by atoms with E-state index in [2.05, 4.69) is 31.4 Å².